The lowest BCUT2D eigenvalue weighted by atomic mass is 10.1. The van der Waals surface area contributed by atoms with Crippen LogP contribution in [0.3, 0.4) is 0 Å². The molecule has 1 aliphatic heterocycles. The van der Waals surface area contributed by atoms with Crippen LogP contribution >= 0.6 is 0 Å². The minimum Gasteiger partial charge on any atom is -0.435 e. The van der Waals surface area contributed by atoms with E-state index in [4.69, 9.17) is 0 Å². The van der Waals surface area contributed by atoms with Crippen molar-refractivity contribution in [1.82, 2.24) is 10.7 Å². The molecule has 2 aromatic rings. The molecular formula is C20H20F2N4O3. The number of aliphatic imine (C=N–C) groups is 1. The number of hydrogen-bond acceptors (Lipinski definition) is 5. The maximum atomic E-state index is 12.7. The standard InChI is InChI=1S/C20H20F2N4O3/c1-12(14-7-6-10-16(11-14)29-20(21)22)24-18(27)17-23-13(2)19(28)26(25-17)15-8-4-3-5-9-15/h3-13,20H,1-2H3,(H,23,25)(H,24,27). The van der Waals surface area contributed by atoms with E-state index in [0.717, 1.165) is 0 Å². The van der Waals surface area contributed by atoms with Gasteiger partial charge < -0.3 is 10.1 Å². The van der Waals surface area contributed by atoms with E-state index in [1.165, 1.54) is 17.1 Å². The number of hydrogen-bond donors (Lipinski definition) is 2. The Morgan fingerprint density at radius 2 is 1.93 bits per heavy atom. The molecule has 1 heterocycles. The maximum absolute atomic E-state index is 12.7. The predicted octanol–water partition coefficient (Wildman–Crippen LogP) is 2.80. The first-order valence-electron chi connectivity index (χ1n) is 8.94. The molecule has 0 aromatic heterocycles. The van der Waals surface area contributed by atoms with Gasteiger partial charge in [-0.1, -0.05) is 30.3 Å². The maximum Gasteiger partial charge on any atom is 0.387 e. The van der Waals surface area contributed by atoms with Gasteiger partial charge >= 0.3 is 6.61 Å². The van der Waals surface area contributed by atoms with E-state index in [9.17, 15) is 18.4 Å². The fourth-order valence-electron chi connectivity index (χ4n) is 2.81. The van der Waals surface area contributed by atoms with Crippen molar-refractivity contribution in [3.05, 3.63) is 60.2 Å². The third kappa shape index (κ3) is 4.87. The quantitative estimate of drug-likeness (QED) is 0.779. The third-order valence-electron chi connectivity index (χ3n) is 4.28. The molecule has 0 bridgehead atoms. The van der Waals surface area contributed by atoms with Gasteiger partial charge in [-0.2, -0.15) is 8.78 Å². The second-order valence-electron chi connectivity index (χ2n) is 6.42. The first kappa shape index (κ1) is 20.2. The molecule has 3 rings (SSSR count). The SMILES string of the molecule is CC1N=C(C(=O)NC(C)c2cccc(OC(F)F)c2)NN(c2ccccc2)C1=O. The second-order valence-corrected chi connectivity index (χ2v) is 6.42. The summed E-state index contributed by atoms with van der Waals surface area (Å²) in [7, 11) is 0. The van der Waals surface area contributed by atoms with Gasteiger partial charge in [0.05, 0.1) is 11.7 Å². The third-order valence-corrected chi connectivity index (χ3v) is 4.28. The van der Waals surface area contributed by atoms with Crippen LogP contribution < -0.4 is 20.5 Å². The van der Waals surface area contributed by atoms with E-state index in [-0.39, 0.29) is 17.5 Å². The lowest BCUT2D eigenvalue weighted by Crippen LogP contribution is -2.58. The van der Waals surface area contributed by atoms with Crippen molar-refractivity contribution in [2.45, 2.75) is 32.5 Å². The van der Waals surface area contributed by atoms with Crippen molar-refractivity contribution in [3.8, 4) is 5.75 Å². The highest BCUT2D eigenvalue weighted by molar-refractivity contribution is 6.39. The van der Waals surface area contributed by atoms with E-state index in [2.05, 4.69) is 20.5 Å². The summed E-state index contributed by atoms with van der Waals surface area (Å²) in [5.41, 5.74) is 3.90. The molecule has 2 atom stereocenters. The summed E-state index contributed by atoms with van der Waals surface area (Å²) in [5.74, 6) is -0.843. The smallest absolute Gasteiger partial charge is 0.387 e. The van der Waals surface area contributed by atoms with Crippen LogP contribution in [0.2, 0.25) is 0 Å². The van der Waals surface area contributed by atoms with Crippen LogP contribution in [-0.2, 0) is 9.59 Å². The number of amidine groups is 1. The second kappa shape index (κ2) is 8.68. The minimum atomic E-state index is -2.93. The molecule has 0 saturated carbocycles. The van der Waals surface area contributed by atoms with Crippen molar-refractivity contribution < 1.29 is 23.1 Å². The lowest BCUT2D eigenvalue weighted by Gasteiger charge is -2.31. The summed E-state index contributed by atoms with van der Waals surface area (Å²) in [5, 5.41) is 4.01. The molecule has 152 valence electrons. The van der Waals surface area contributed by atoms with Crippen LogP contribution in [0.1, 0.15) is 25.5 Å². The number of halogens is 2. The van der Waals surface area contributed by atoms with Crippen molar-refractivity contribution in [2.75, 3.05) is 5.01 Å². The highest BCUT2D eigenvalue weighted by Crippen LogP contribution is 2.21. The number of nitrogens with zero attached hydrogens (tertiary/aromatic N) is 2. The number of hydrazine groups is 1. The Bertz CT molecular complexity index is 921. The molecule has 0 radical (unpaired) electrons. The van der Waals surface area contributed by atoms with Gasteiger partial charge in [-0.05, 0) is 43.7 Å². The Morgan fingerprint density at radius 3 is 2.62 bits per heavy atom. The highest BCUT2D eigenvalue weighted by atomic mass is 19.3. The summed E-state index contributed by atoms with van der Waals surface area (Å²) in [6.45, 7) is 0.367. The number of ether oxygens (including phenoxy) is 1. The van der Waals surface area contributed by atoms with Gasteiger partial charge in [-0.3, -0.25) is 15.0 Å². The van der Waals surface area contributed by atoms with Crippen molar-refractivity contribution >= 4 is 23.3 Å². The largest absolute Gasteiger partial charge is 0.435 e. The molecule has 0 spiro atoms. The molecule has 2 N–H and O–H groups in total. The van der Waals surface area contributed by atoms with Crippen molar-refractivity contribution in [2.24, 2.45) is 4.99 Å². The van der Waals surface area contributed by atoms with Gasteiger partial charge in [-0.15, -0.1) is 0 Å². The summed E-state index contributed by atoms with van der Waals surface area (Å²) in [6, 6.07) is 13.7. The summed E-state index contributed by atoms with van der Waals surface area (Å²) < 4.78 is 29.2. The molecule has 9 heteroatoms. The summed E-state index contributed by atoms with van der Waals surface area (Å²) >= 11 is 0. The lowest BCUT2D eigenvalue weighted by molar-refractivity contribution is -0.120. The Kier molecular flexibility index (Phi) is 6.06. The topological polar surface area (TPSA) is 83.0 Å². The molecule has 0 fully saturated rings. The van der Waals surface area contributed by atoms with Gasteiger partial charge in [0, 0.05) is 0 Å². The van der Waals surface area contributed by atoms with Crippen LogP contribution in [0.5, 0.6) is 5.75 Å². The van der Waals surface area contributed by atoms with Crippen LogP contribution in [0, 0.1) is 0 Å². The number of amides is 2. The van der Waals surface area contributed by atoms with E-state index in [1.807, 2.05) is 6.07 Å². The number of nitrogens with one attached hydrogen (secondary N) is 2. The predicted molar refractivity (Wildman–Crippen MR) is 104 cm³/mol. The molecule has 0 aliphatic carbocycles. The molecular weight excluding hydrogens is 382 g/mol. The molecule has 1 aliphatic rings. The first-order chi connectivity index (χ1) is 13.8. The van der Waals surface area contributed by atoms with Crippen LogP contribution in [0.15, 0.2) is 59.6 Å². The molecule has 0 saturated heterocycles. The van der Waals surface area contributed by atoms with Crippen LogP contribution in [-0.4, -0.2) is 30.3 Å². The summed E-state index contributed by atoms with van der Waals surface area (Å²) in [6.07, 6.45) is 0. The van der Waals surface area contributed by atoms with Gasteiger partial charge in [0.25, 0.3) is 11.8 Å². The van der Waals surface area contributed by atoms with Gasteiger partial charge in [0.2, 0.25) is 5.84 Å². The average Bonchev–Trinajstić information content (AvgIpc) is 2.70. The number of anilines is 1. The number of alkyl halides is 2. The number of para-hydroxylation sites is 1. The molecule has 29 heavy (non-hydrogen) atoms. The Morgan fingerprint density at radius 1 is 1.21 bits per heavy atom. The van der Waals surface area contributed by atoms with E-state index < -0.39 is 24.6 Å². The Balaban J connectivity index is 1.73. The Labute approximate surface area is 166 Å². The van der Waals surface area contributed by atoms with Gasteiger partial charge in [0.1, 0.15) is 11.8 Å². The number of carbonyl (C=O) groups is 2. The minimum absolute atomic E-state index is 0.00111. The van der Waals surface area contributed by atoms with Crippen molar-refractivity contribution in [1.29, 1.82) is 0 Å². The normalized spacial score (nSPS) is 17.4. The molecule has 2 amide bonds. The zero-order valence-corrected chi connectivity index (χ0v) is 15.8. The van der Waals surface area contributed by atoms with Crippen molar-refractivity contribution in [3.63, 3.8) is 0 Å². The fraction of sp³-hybridized carbons (Fsp3) is 0.250. The fourth-order valence-corrected chi connectivity index (χ4v) is 2.81. The monoisotopic (exact) mass is 402 g/mol. The average molecular weight is 402 g/mol. The summed E-state index contributed by atoms with van der Waals surface area (Å²) in [4.78, 5) is 29.2. The van der Waals surface area contributed by atoms with Crippen LogP contribution in [0.4, 0.5) is 14.5 Å². The zero-order valence-electron chi connectivity index (χ0n) is 15.8. The van der Waals surface area contributed by atoms with Gasteiger partial charge in [0.15, 0.2) is 0 Å². The zero-order chi connectivity index (χ0) is 21.0. The molecule has 7 nitrogen and oxygen atoms in total. The van der Waals surface area contributed by atoms with Crippen LogP contribution in [0.25, 0.3) is 0 Å². The first-order valence-corrected chi connectivity index (χ1v) is 8.94. The van der Waals surface area contributed by atoms with E-state index in [1.54, 1.807) is 50.2 Å². The number of benzene rings is 2. The van der Waals surface area contributed by atoms with E-state index in [0.29, 0.717) is 11.3 Å². The number of rotatable bonds is 6. The Hall–Kier alpha value is -3.49. The van der Waals surface area contributed by atoms with Gasteiger partial charge in [-0.25, -0.2) is 10.0 Å². The molecule has 2 aromatic carbocycles. The number of carbonyl (C=O) groups excluding carboxylic acids is 2. The molecule has 2 unspecified atom stereocenters. The van der Waals surface area contributed by atoms with E-state index >= 15 is 0 Å². The highest BCUT2D eigenvalue weighted by Gasteiger charge is 2.31.